The number of rotatable bonds is 4. The molecule has 0 spiro atoms. The maximum Gasteiger partial charge on any atom is 0.226 e. The zero-order valence-corrected chi connectivity index (χ0v) is 10.6. The zero-order chi connectivity index (χ0) is 13.1. The summed E-state index contributed by atoms with van der Waals surface area (Å²) in [6.45, 7) is 2.22. The van der Waals surface area contributed by atoms with E-state index in [1.165, 1.54) is 0 Å². The zero-order valence-electron chi connectivity index (χ0n) is 10.6. The number of amides is 1. The van der Waals surface area contributed by atoms with Crippen molar-refractivity contribution in [3.63, 3.8) is 0 Å². The highest BCUT2D eigenvalue weighted by atomic mass is 16.5. The minimum absolute atomic E-state index is 0.0223. The van der Waals surface area contributed by atoms with Crippen molar-refractivity contribution in [3.05, 3.63) is 30.0 Å². The molecule has 1 aliphatic rings. The molecule has 1 unspecified atom stereocenters. The summed E-state index contributed by atoms with van der Waals surface area (Å²) in [4.78, 5) is 11.9. The van der Waals surface area contributed by atoms with Crippen LogP contribution in [0, 0.1) is 5.92 Å². The van der Waals surface area contributed by atoms with Gasteiger partial charge in [-0.1, -0.05) is 17.3 Å². The van der Waals surface area contributed by atoms with Crippen molar-refractivity contribution >= 4 is 16.9 Å². The molecule has 5 nitrogen and oxygen atoms in total. The summed E-state index contributed by atoms with van der Waals surface area (Å²) in [5.74, 6) is 0.420. The number of carbonyl (C=O) groups is 1. The van der Waals surface area contributed by atoms with Gasteiger partial charge in [0.1, 0.15) is 5.69 Å². The van der Waals surface area contributed by atoms with Gasteiger partial charge in [0.05, 0.1) is 13.0 Å². The fraction of sp³-hybridized carbons (Fsp3) is 0.429. The molecule has 1 aromatic carbocycles. The third kappa shape index (κ3) is 2.76. The Bertz CT molecular complexity index is 573. The summed E-state index contributed by atoms with van der Waals surface area (Å²) in [6, 6.07) is 7.56. The summed E-state index contributed by atoms with van der Waals surface area (Å²) in [6.07, 6.45) is 1.28. The quantitative estimate of drug-likeness (QED) is 0.905. The van der Waals surface area contributed by atoms with E-state index in [1.54, 1.807) is 0 Å². The van der Waals surface area contributed by atoms with E-state index >= 15 is 0 Å². The molecule has 100 valence electrons. The van der Waals surface area contributed by atoms with Gasteiger partial charge in [0.2, 0.25) is 5.91 Å². The van der Waals surface area contributed by atoms with Gasteiger partial charge in [-0.3, -0.25) is 4.79 Å². The molecule has 3 rings (SSSR count). The Morgan fingerprint density at radius 1 is 1.42 bits per heavy atom. The molecule has 0 radical (unpaired) electrons. The fourth-order valence-electron chi connectivity index (χ4n) is 2.28. The summed E-state index contributed by atoms with van der Waals surface area (Å²) in [7, 11) is 0. The Morgan fingerprint density at radius 2 is 2.32 bits per heavy atom. The molecule has 1 fully saturated rings. The Hall–Kier alpha value is -1.88. The number of aromatic nitrogens is 1. The second-order valence-electron chi connectivity index (χ2n) is 4.84. The maximum absolute atomic E-state index is 11.9. The van der Waals surface area contributed by atoms with E-state index in [9.17, 15) is 4.79 Å². The molecule has 1 aliphatic heterocycles. The Morgan fingerprint density at radius 3 is 3.16 bits per heavy atom. The lowest BCUT2D eigenvalue weighted by Crippen LogP contribution is -2.30. The topological polar surface area (TPSA) is 64.4 Å². The van der Waals surface area contributed by atoms with Gasteiger partial charge in [-0.25, -0.2) is 0 Å². The lowest BCUT2D eigenvalue weighted by atomic mass is 10.1. The molecule has 1 aromatic heterocycles. The molecule has 2 aromatic rings. The number of nitrogens with zero attached hydrogens (tertiary/aromatic N) is 1. The van der Waals surface area contributed by atoms with Crippen LogP contribution in [0.1, 0.15) is 12.1 Å². The molecular formula is C14H16N2O3. The SMILES string of the molecule is O=C(Cc1noc2ccccc12)NCC1CCOC1. The third-order valence-electron chi connectivity index (χ3n) is 3.39. The van der Waals surface area contributed by atoms with Crippen LogP contribution in [0.4, 0.5) is 0 Å². The molecule has 1 amide bonds. The Kier molecular flexibility index (Phi) is 3.46. The van der Waals surface area contributed by atoms with Crippen molar-refractivity contribution in [1.82, 2.24) is 10.5 Å². The van der Waals surface area contributed by atoms with Gasteiger partial charge in [0, 0.05) is 24.5 Å². The van der Waals surface area contributed by atoms with Crippen LogP contribution in [-0.4, -0.2) is 30.8 Å². The average Bonchev–Trinajstić information content (AvgIpc) is 3.07. The van der Waals surface area contributed by atoms with Crippen LogP contribution in [0.2, 0.25) is 0 Å². The second-order valence-corrected chi connectivity index (χ2v) is 4.84. The van der Waals surface area contributed by atoms with Crippen LogP contribution in [0.15, 0.2) is 28.8 Å². The van der Waals surface area contributed by atoms with Crippen LogP contribution >= 0.6 is 0 Å². The van der Waals surface area contributed by atoms with Gasteiger partial charge in [-0.2, -0.15) is 0 Å². The lowest BCUT2D eigenvalue weighted by molar-refractivity contribution is -0.120. The van der Waals surface area contributed by atoms with E-state index in [1.807, 2.05) is 24.3 Å². The Labute approximate surface area is 110 Å². The average molecular weight is 260 g/mol. The predicted molar refractivity (Wildman–Crippen MR) is 69.6 cm³/mol. The normalized spacial score (nSPS) is 18.8. The molecule has 0 saturated carbocycles. The summed E-state index contributed by atoms with van der Waals surface area (Å²) in [5.41, 5.74) is 1.41. The van der Waals surface area contributed by atoms with Crippen molar-refractivity contribution in [2.75, 3.05) is 19.8 Å². The van der Waals surface area contributed by atoms with E-state index in [0.29, 0.717) is 18.2 Å². The first-order chi connectivity index (χ1) is 9.33. The van der Waals surface area contributed by atoms with Crippen LogP contribution in [-0.2, 0) is 16.0 Å². The molecular weight excluding hydrogens is 244 g/mol. The summed E-state index contributed by atoms with van der Waals surface area (Å²) < 4.78 is 10.5. The first-order valence-corrected chi connectivity index (χ1v) is 6.50. The fourth-order valence-corrected chi connectivity index (χ4v) is 2.28. The minimum Gasteiger partial charge on any atom is -0.381 e. The number of nitrogens with one attached hydrogen (secondary N) is 1. The molecule has 0 bridgehead atoms. The van der Waals surface area contributed by atoms with Crippen LogP contribution in [0.3, 0.4) is 0 Å². The number of carbonyl (C=O) groups excluding carboxylic acids is 1. The lowest BCUT2D eigenvalue weighted by Gasteiger charge is -2.08. The number of benzene rings is 1. The highest BCUT2D eigenvalue weighted by Gasteiger charge is 2.17. The molecule has 1 saturated heterocycles. The van der Waals surface area contributed by atoms with Crippen molar-refractivity contribution in [2.24, 2.45) is 5.92 Å². The van der Waals surface area contributed by atoms with Crippen LogP contribution < -0.4 is 5.32 Å². The molecule has 1 N–H and O–H groups in total. The van der Waals surface area contributed by atoms with Crippen molar-refractivity contribution < 1.29 is 14.1 Å². The van der Waals surface area contributed by atoms with Gasteiger partial charge in [0.25, 0.3) is 0 Å². The maximum atomic E-state index is 11.9. The number of fused-ring (bicyclic) bond motifs is 1. The minimum atomic E-state index is -0.0223. The van der Waals surface area contributed by atoms with Crippen molar-refractivity contribution in [3.8, 4) is 0 Å². The third-order valence-corrected chi connectivity index (χ3v) is 3.39. The highest BCUT2D eigenvalue weighted by molar-refractivity contribution is 5.86. The van der Waals surface area contributed by atoms with Gasteiger partial charge < -0.3 is 14.6 Å². The monoisotopic (exact) mass is 260 g/mol. The second kappa shape index (κ2) is 5.40. The smallest absolute Gasteiger partial charge is 0.226 e. The molecule has 19 heavy (non-hydrogen) atoms. The van der Waals surface area contributed by atoms with E-state index < -0.39 is 0 Å². The molecule has 5 heteroatoms. The summed E-state index contributed by atoms with van der Waals surface area (Å²) >= 11 is 0. The Balaban J connectivity index is 1.59. The molecule has 0 aliphatic carbocycles. The largest absolute Gasteiger partial charge is 0.381 e. The van der Waals surface area contributed by atoms with Crippen LogP contribution in [0.5, 0.6) is 0 Å². The number of hydrogen-bond acceptors (Lipinski definition) is 4. The van der Waals surface area contributed by atoms with Crippen molar-refractivity contribution in [1.29, 1.82) is 0 Å². The highest BCUT2D eigenvalue weighted by Crippen LogP contribution is 2.18. The van der Waals surface area contributed by atoms with Gasteiger partial charge in [0.15, 0.2) is 5.58 Å². The van der Waals surface area contributed by atoms with Gasteiger partial charge in [-0.05, 0) is 18.6 Å². The van der Waals surface area contributed by atoms with E-state index in [0.717, 1.165) is 30.6 Å². The van der Waals surface area contributed by atoms with Gasteiger partial charge in [-0.15, -0.1) is 0 Å². The van der Waals surface area contributed by atoms with Gasteiger partial charge >= 0.3 is 0 Å². The first kappa shape index (κ1) is 12.2. The van der Waals surface area contributed by atoms with E-state index in [4.69, 9.17) is 9.26 Å². The number of hydrogen-bond donors (Lipinski definition) is 1. The van der Waals surface area contributed by atoms with Crippen LogP contribution in [0.25, 0.3) is 11.0 Å². The standard InChI is InChI=1S/C14H16N2O3/c17-14(15-8-10-5-6-18-9-10)7-12-11-3-1-2-4-13(11)19-16-12/h1-4,10H,5-9H2,(H,15,17). The van der Waals surface area contributed by atoms with E-state index in [2.05, 4.69) is 10.5 Å². The molecule has 2 heterocycles. The van der Waals surface area contributed by atoms with Crippen molar-refractivity contribution in [2.45, 2.75) is 12.8 Å². The summed E-state index contributed by atoms with van der Waals surface area (Å²) in [5, 5.41) is 7.79. The number of ether oxygens (including phenoxy) is 1. The predicted octanol–water partition coefficient (Wildman–Crippen LogP) is 1.52. The molecule has 1 atom stereocenters. The van der Waals surface area contributed by atoms with E-state index in [-0.39, 0.29) is 12.3 Å². The number of para-hydroxylation sites is 1. The first-order valence-electron chi connectivity index (χ1n) is 6.50.